The van der Waals surface area contributed by atoms with Crippen molar-refractivity contribution in [3.05, 3.63) is 57.4 Å². The molecular formula is C19H16N4OS2. The summed E-state index contributed by atoms with van der Waals surface area (Å²) in [7, 11) is 0. The normalized spacial score (nSPS) is 16.7. The Morgan fingerprint density at radius 1 is 1.27 bits per heavy atom. The Kier molecular flexibility index (Phi) is 3.48. The molecule has 1 aliphatic heterocycles. The summed E-state index contributed by atoms with van der Waals surface area (Å²) in [6, 6.07) is 8.31. The van der Waals surface area contributed by atoms with E-state index in [1.54, 1.807) is 27.4 Å². The minimum Gasteiger partial charge on any atom is -0.310 e. The number of aryl methyl sites for hydroxylation is 2. The molecule has 4 aromatic rings. The topological polar surface area (TPSA) is 59.8 Å². The van der Waals surface area contributed by atoms with Crippen molar-refractivity contribution in [2.24, 2.45) is 0 Å². The fourth-order valence-corrected chi connectivity index (χ4v) is 5.29. The van der Waals surface area contributed by atoms with Crippen LogP contribution < -0.4 is 5.32 Å². The van der Waals surface area contributed by atoms with Crippen molar-refractivity contribution in [3.8, 4) is 5.13 Å². The number of anilines is 1. The highest BCUT2D eigenvalue weighted by Gasteiger charge is 2.33. The van der Waals surface area contributed by atoms with Crippen molar-refractivity contribution in [1.82, 2.24) is 14.8 Å². The van der Waals surface area contributed by atoms with Crippen molar-refractivity contribution < 1.29 is 4.79 Å². The zero-order chi connectivity index (χ0) is 17.8. The second kappa shape index (κ2) is 5.75. The minimum absolute atomic E-state index is 0.0202. The highest BCUT2D eigenvalue weighted by molar-refractivity contribution is 7.20. The highest BCUT2D eigenvalue weighted by Crippen LogP contribution is 2.41. The van der Waals surface area contributed by atoms with Gasteiger partial charge in [-0.05, 0) is 53.9 Å². The molecule has 4 heterocycles. The van der Waals surface area contributed by atoms with Gasteiger partial charge >= 0.3 is 0 Å². The quantitative estimate of drug-likeness (QED) is 0.551. The zero-order valence-corrected chi connectivity index (χ0v) is 15.9. The molecule has 7 heteroatoms. The van der Waals surface area contributed by atoms with Gasteiger partial charge in [0, 0.05) is 17.9 Å². The van der Waals surface area contributed by atoms with Gasteiger partial charge in [-0.1, -0.05) is 17.4 Å². The molecule has 130 valence electrons. The number of hydrogen-bond donors (Lipinski definition) is 1. The molecule has 1 unspecified atom stereocenters. The van der Waals surface area contributed by atoms with Crippen molar-refractivity contribution in [3.63, 3.8) is 0 Å². The summed E-state index contributed by atoms with van der Waals surface area (Å²) in [5.74, 6) is 0.827. The predicted molar refractivity (Wildman–Crippen MR) is 106 cm³/mol. The molecule has 1 N–H and O–H groups in total. The van der Waals surface area contributed by atoms with E-state index in [4.69, 9.17) is 10.1 Å². The van der Waals surface area contributed by atoms with Gasteiger partial charge in [0.15, 0.2) is 0 Å². The summed E-state index contributed by atoms with van der Waals surface area (Å²) in [6.45, 7) is 4.08. The van der Waals surface area contributed by atoms with E-state index in [0.29, 0.717) is 6.42 Å². The van der Waals surface area contributed by atoms with Gasteiger partial charge in [-0.15, -0.1) is 0 Å². The van der Waals surface area contributed by atoms with Crippen LogP contribution >= 0.6 is 22.7 Å². The molecule has 0 saturated heterocycles. The number of aromatic nitrogens is 3. The third-order valence-electron chi connectivity index (χ3n) is 4.76. The summed E-state index contributed by atoms with van der Waals surface area (Å²) in [4.78, 5) is 17.1. The van der Waals surface area contributed by atoms with Gasteiger partial charge in [0.05, 0.1) is 15.9 Å². The molecule has 0 spiro atoms. The minimum atomic E-state index is 0.0202. The number of nitrogens with zero attached hydrogens (tertiary/aromatic N) is 3. The molecule has 0 fully saturated rings. The maximum absolute atomic E-state index is 12.4. The molecule has 5 nitrogen and oxygen atoms in total. The van der Waals surface area contributed by atoms with Crippen LogP contribution in [0.5, 0.6) is 0 Å². The number of nitrogens with one attached hydrogen (secondary N) is 1. The molecule has 0 bridgehead atoms. The van der Waals surface area contributed by atoms with E-state index in [1.165, 1.54) is 11.1 Å². The molecule has 0 aliphatic carbocycles. The average molecular weight is 380 g/mol. The van der Waals surface area contributed by atoms with E-state index in [0.717, 1.165) is 32.4 Å². The van der Waals surface area contributed by atoms with Crippen molar-refractivity contribution in [1.29, 1.82) is 0 Å². The Morgan fingerprint density at radius 2 is 2.15 bits per heavy atom. The molecule has 1 aromatic carbocycles. The number of carbonyl (C=O) groups excluding carboxylic acids is 1. The number of benzene rings is 1. The van der Waals surface area contributed by atoms with Gasteiger partial charge < -0.3 is 5.32 Å². The second-order valence-electron chi connectivity index (χ2n) is 6.59. The van der Waals surface area contributed by atoms with E-state index in [9.17, 15) is 4.79 Å². The van der Waals surface area contributed by atoms with Crippen LogP contribution in [0.15, 0.2) is 35.0 Å². The number of thiazole rings is 1. The maximum Gasteiger partial charge on any atom is 0.226 e. The van der Waals surface area contributed by atoms with Gasteiger partial charge in [0.2, 0.25) is 11.0 Å². The Hall–Kier alpha value is -2.51. The van der Waals surface area contributed by atoms with Crippen molar-refractivity contribution in [2.45, 2.75) is 26.2 Å². The average Bonchev–Trinajstić information content (AvgIpc) is 3.32. The van der Waals surface area contributed by atoms with Gasteiger partial charge in [-0.25, -0.2) is 4.98 Å². The van der Waals surface area contributed by atoms with Crippen LogP contribution in [0, 0.1) is 13.8 Å². The van der Waals surface area contributed by atoms with Gasteiger partial charge in [0.25, 0.3) is 0 Å². The van der Waals surface area contributed by atoms with Gasteiger partial charge in [-0.2, -0.15) is 21.1 Å². The third kappa shape index (κ3) is 2.39. The van der Waals surface area contributed by atoms with Crippen LogP contribution in [-0.4, -0.2) is 20.7 Å². The van der Waals surface area contributed by atoms with Crippen molar-refractivity contribution >= 4 is 44.6 Å². The van der Waals surface area contributed by atoms with E-state index >= 15 is 0 Å². The Bertz CT molecular complexity index is 1140. The largest absolute Gasteiger partial charge is 0.310 e. The van der Waals surface area contributed by atoms with Crippen LogP contribution in [0.2, 0.25) is 0 Å². The molecule has 0 radical (unpaired) electrons. The van der Waals surface area contributed by atoms with E-state index in [2.05, 4.69) is 41.2 Å². The summed E-state index contributed by atoms with van der Waals surface area (Å²) in [6.07, 6.45) is 0.454. The van der Waals surface area contributed by atoms with E-state index in [-0.39, 0.29) is 11.8 Å². The Labute approximate surface area is 158 Å². The lowest BCUT2D eigenvalue weighted by Crippen LogP contribution is -2.24. The van der Waals surface area contributed by atoms with E-state index in [1.807, 2.05) is 13.0 Å². The molecule has 26 heavy (non-hydrogen) atoms. The summed E-state index contributed by atoms with van der Waals surface area (Å²) in [5.41, 5.74) is 5.37. The molecule has 0 saturated carbocycles. The zero-order valence-electron chi connectivity index (χ0n) is 14.3. The molecular weight excluding hydrogens is 364 g/mol. The lowest BCUT2D eigenvalue weighted by atomic mass is 9.87. The Balaban J connectivity index is 1.69. The first-order valence-corrected chi connectivity index (χ1v) is 10.1. The molecule has 5 rings (SSSR count). The molecule has 3 aromatic heterocycles. The number of carbonyl (C=O) groups is 1. The summed E-state index contributed by atoms with van der Waals surface area (Å²) >= 11 is 3.24. The number of thiophene rings is 1. The Morgan fingerprint density at radius 3 is 2.96 bits per heavy atom. The first-order valence-electron chi connectivity index (χ1n) is 8.39. The third-order valence-corrected chi connectivity index (χ3v) is 6.46. The van der Waals surface area contributed by atoms with Crippen molar-refractivity contribution in [2.75, 3.05) is 5.32 Å². The number of amides is 1. The predicted octanol–water partition coefficient (Wildman–Crippen LogP) is 4.63. The maximum atomic E-state index is 12.4. The van der Waals surface area contributed by atoms with Gasteiger partial charge in [0.1, 0.15) is 5.82 Å². The van der Waals surface area contributed by atoms with Crippen LogP contribution in [0.1, 0.15) is 34.7 Å². The highest BCUT2D eigenvalue weighted by atomic mass is 32.1. The lowest BCUT2D eigenvalue weighted by molar-refractivity contribution is -0.116. The van der Waals surface area contributed by atoms with Crippen LogP contribution in [0.3, 0.4) is 0 Å². The number of fused-ring (bicyclic) bond motifs is 2. The fraction of sp³-hybridized carbons (Fsp3) is 0.211. The molecule has 1 aliphatic rings. The first kappa shape index (κ1) is 15.7. The summed E-state index contributed by atoms with van der Waals surface area (Å²) < 4.78 is 2.92. The smallest absolute Gasteiger partial charge is 0.226 e. The fourth-order valence-electron chi connectivity index (χ4n) is 3.55. The van der Waals surface area contributed by atoms with Gasteiger partial charge in [-0.3, -0.25) is 4.79 Å². The first-order chi connectivity index (χ1) is 12.6. The monoisotopic (exact) mass is 380 g/mol. The lowest BCUT2D eigenvalue weighted by Gasteiger charge is -2.23. The van der Waals surface area contributed by atoms with Crippen LogP contribution in [0.25, 0.3) is 15.3 Å². The molecule has 1 atom stereocenters. The second-order valence-corrected chi connectivity index (χ2v) is 8.38. The number of hydrogen-bond acceptors (Lipinski definition) is 5. The SMILES string of the molecule is Cc1ccc2nc(-n3nc(C)c4c3NC(=O)CC4c3ccsc3)sc2c1. The summed E-state index contributed by atoms with van der Waals surface area (Å²) in [5, 5.41) is 12.7. The standard InChI is InChI=1S/C19H16N4OS2/c1-10-3-4-14-15(7-10)26-19(20-14)23-18-17(11(2)22-23)13(8-16(24)21-18)12-5-6-25-9-12/h3-7,9,13H,8H2,1-2H3,(H,21,24). The number of rotatable bonds is 2. The molecule has 1 amide bonds. The van der Waals surface area contributed by atoms with Crippen LogP contribution in [0.4, 0.5) is 5.82 Å². The van der Waals surface area contributed by atoms with E-state index < -0.39 is 0 Å². The van der Waals surface area contributed by atoms with Crippen LogP contribution in [-0.2, 0) is 4.79 Å².